The first-order chi connectivity index (χ1) is 8.52. The lowest BCUT2D eigenvalue weighted by Gasteiger charge is -2.14. The summed E-state index contributed by atoms with van der Waals surface area (Å²) >= 11 is 0. The highest BCUT2D eigenvalue weighted by atomic mass is 16.5. The van der Waals surface area contributed by atoms with Gasteiger partial charge in [-0.25, -0.2) is 9.97 Å². The van der Waals surface area contributed by atoms with Crippen LogP contribution in [0.25, 0.3) is 0 Å². The highest BCUT2D eigenvalue weighted by molar-refractivity contribution is 5.17. The van der Waals surface area contributed by atoms with E-state index in [9.17, 15) is 0 Å². The van der Waals surface area contributed by atoms with Gasteiger partial charge < -0.3 is 14.8 Å². The summed E-state index contributed by atoms with van der Waals surface area (Å²) < 4.78 is 10.6. The molecule has 0 fully saturated rings. The Morgan fingerprint density at radius 3 is 2.61 bits per heavy atom. The number of rotatable bonds is 7. The largest absolute Gasteiger partial charge is 0.458 e. The second kappa shape index (κ2) is 7.28. The van der Waals surface area contributed by atoms with Crippen molar-refractivity contribution in [1.29, 1.82) is 0 Å². The first-order valence-corrected chi connectivity index (χ1v) is 6.24. The molecule has 1 unspecified atom stereocenters. The maximum absolute atomic E-state index is 5.55. The minimum absolute atomic E-state index is 0.0472. The van der Waals surface area contributed by atoms with Crippen LogP contribution in [0.15, 0.2) is 6.20 Å². The lowest BCUT2D eigenvalue weighted by atomic mass is 10.2. The molecule has 1 heterocycles. The normalized spacial score (nSPS) is 12.8. The van der Waals surface area contributed by atoms with Gasteiger partial charge in [-0.15, -0.1) is 0 Å². The first kappa shape index (κ1) is 14.9. The van der Waals surface area contributed by atoms with Crippen molar-refractivity contribution in [1.82, 2.24) is 15.3 Å². The van der Waals surface area contributed by atoms with Crippen molar-refractivity contribution in [3.63, 3.8) is 0 Å². The van der Waals surface area contributed by atoms with Crippen molar-refractivity contribution < 1.29 is 9.47 Å². The Kier molecular flexibility index (Phi) is 6.01. The predicted molar refractivity (Wildman–Crippen MR) is 70.7 cm³/mol. The van der Waals surface area contributed by atoms with Gasteiger partial charge in [-0.05, 0) is 13.8 Å². The standard InChI is InChI=1S/C13H23N3O2/c1-9(2)14-6-12-7-15-13(16-11(12)4)18-10(3)8-17-5/h7,9-10,14H,6,8H2,1-5H3. The molecule has 0 radical (unpaired) electrons. The summed E-state index contributed by atoms with van der Waals surface area (Å²) in [6, 6.07) is 0.854. The minimum atomic E-state index is -0.0472. The summed E-state index contributed by atoms with van der Waals surface area (Å²) in [5.74, 6) is 0. The monoisotopic (exact) mass is 253 g/mol. The third-order valence-electron chi connectivity index (χ3n) is 2.47. The smallest absolute Gasteiger partial charge is 0.316 e. The average Bonchev–Trinajstić information content (AvgIpc) is 2.28. The van der Waals surface area contributed by atoms with Crippen molar-refractivity contribution in [2.75, 3.05) is 13.7 Å². The molecular weight excluding hydrogens is 230 g/mol. The fraction of sp³-hybridized carbons (Fsp3) is 0.692. The number of aromatic nitrogens is 2. The molecule has 0 bridgehead atoms. The topological polar surface area (TPSA) is 56.3 Å². The van der Waals surface area contributed by atoms with Gasteiger partial charge in [-0.2, -0.15) is 0 Å². The zero-order valence-electron chi connectivity index (χ0n) is 11.9. The number of hydrogen-bond acceptors (Lipinski definition) is 5. The third-order valence-corrected chi connectivity index (χ3v) is 2.47. The van der Waals surface area contributed by atoms with Crippen molar-refractivity contribution in [3.8, 4) is 6.01 Å². The zero-order valence-corrected chi connectivity index (χ0v) is 11.9. The van der Waals surface area contributed by atoms with E-state index in [4.69, 9.17) is 9.47 Å². The molecule has 0 saturated heterocycles. The van der Waals surface area contributed by atoms with Gasteiger partial charge in [0.1, 0.15) is 6.10 Å². The number of methoxy groups -OCH3 is 1. The van der Waals surface area contributed by atoms with Gasteiger partial charge in [-0.3, -0.25) is 0 Å². The molecule has 5 nitrogen and oxygen atoms in total. The summed E-state index contributed by atoms with van der Waals surface area (Å²) in [6.45, 7) is 9.42. The van der Waals surface area contributed by atoms with E-state index < -0.39 is 0 Å². The molecule has 1 N–H and O–H groups in total. The van der Waals surface area contributed by atoms with Crippen molar-refractivity contribution in [3.05, 3.63) is 17.5 Å². The van der Waals surface area contributed by atoms with Gasteiger partial charge in [0.05, 0.1) is 6.61 Å². The Morgan fingerprint density at radius 1 is 1.33 bits per heavy atom. The van der Waals surface area contributed by atoms with Gasteiger partial charge in [0, 0.05) is 37.2 Å². The van der Waals surface area contributed by atoms with Crippen LogP contribution in [0.2, 0.25) is 0 Å². The summed E-state index contributed by atoms with van der Waals surface area (Å²) in [5.41, 5.74) is 2.04. The molecule has 18 heavy (non-hydrogen) atoms. The molecule has 1 atom stereocenters. The van der Waals surface area contributed by atoms with Gasteiger partial charge in [0.15, 0.2) is 0 Å². The van der Waals surface area contributed by atoms with E-state index in [-0.39, 0.29) is 6.10 Å². The number of nitrogens with zero attached hydrogens (tertiary/aromatic N) is 2. The molecule has 5 heteroatoms. The molecule has 0 aromatic carbocycles. The van der Waals surface area contributed by atoms with Crippen LogP contribution in [0.5, 0.6) is 6.01 Å². The van der Waals surface area contributed by atoms with Crippen molar-refractivity contribution >= 4 is 0 Å². The second-order valence-electron chi connectivity index (χ2n) is 4.68. The number of ether oxygens (including phenoxy) is 2. The van der Waals surface area contributed by atoms with Crippen LogP contribution >= 0.6 is 0 Å². The second-order valence-corrected chi connectivity index (χ2v) is 4.68. The number of hydrogen-bond donors (Lipinski definition) is 1. The van der Waals surface area contributed by atoms with Crippen LogP contribution in [-0.2, 0) is 11.3 Å². The fourth-order valence-electron chi connectivity index (χ4n) is 1.46. The third kappa shape index (κ3) is 4.98. The van der Waals surface area contributed by atoms with Crippen LogP contribution in [0.4, 0.5) is 0 Å². The SMILES string of the molecule is COCC(C)Oc1ncc(CNC(C)C)c(C)n1. The van der Waals surface area contributed by atoms with E-state index in [1.54, 1.807) is 7.11 Å². The first-order valence-electron chi connectivity index (χ1n) is 6.24. The molecule has 1 aromatic heterocycles. The minimum Gasteiger partial charge on any atom is -0.458 e. The fourth-order valence-corrected chi connectivity index (χ4v) is 1.46. The highest BCUT2D eigenvalue weighted by Crippen LogP contribution is 2.10. The van der Waals surface area contributed by atoms with E-state index in [1.807, 2.05) is 20.0 Å². The van der Waals surface area contributed by atoms with Crippen molar-refractivity contribution in [2.24, 2.45) is 0 Å². The Morgan fingerprint density at radius 2 is 2.06 bits per heavy atom. The molecule has 1 aromatic rings. The van der Waals surface area contributed by atoms with E-state index in [0.717, 1.165) is 17.8 Å². The maximum Gasteiger partial charge on any atom is 0.316 e. The molecule has 0 spiro atoms. The van der Waals surface area contributed by atoms with Gasteiger partial charge in [0.25, 0.3) is 0 Å². The van der Waals surface area contributed by atoms with E-state index in [0.29, 0.717) is 18.7 Å². The van der Waals surface area contributed by atoms with Gasteiger partial charge in [-0.1, -0.05) is 13.8 Å². The number of nitrogens with one attached hydrogen (secondary N) is 1. The van der Waals surface area contributed by atoms with Crippen LogP contribution in [-0.4, -0.2) is 35.8 Å². The van der Waals surface area contributed by atoms with Gasteiger partial charge in [0.2, 0.25) is 0 Å². The Balaban J connectivity index is 2.61. The van der Waals surface area contributed by atoms with Crippen LogP contribution in [0.3, 0.4) is 0 Å². The molecule has 102 valence electrons. The van der Waals surface area contributed by atoms with Crippen LogP contribution < -0.4 is 10.1 Å². The molecule has 0 aliphatic heterocycles. The van der Waals surface area contributed by atoms with Gasteiger partial charge >= 0.3 is 6.01 Å². The summed E-state index contributed by atoms with van der Waals surface area (Å²) in [4.78, 5) is 8.56. The average molecular weight is 253 g/mol. The van der Waals surface area contributed by atoms with E-state index in [1.165, 1.54) is 0 Å². The molecular formula is C13H23N3O2. The lowest BCUT2D eigenvalue weighted by Crippen LogP contribution is -2.23. The zero-order chi connectivity index (χ0) is 13.5. The summed E-state index contributed by atoms with van der Waals surface area (Å²) in [5, 5.41) is 3.34. The van der Waals surface area contributed by atoms with Crippen LogP contribution in [0, 0.1) is 6.92 Å². The van der Waals surface area contributed by atoms with E-state index in [2.05, 4.69) is 29.1 Å². The number of aryl methyl sites for hydroxylation is 1. The lowest BCUT2D eigenvalue weighted by molar-refractivity contribution is 0.0853. The molecule has 0 aliphatic rings. The van der Waals surface area contributed by atoms with Crippen LogP contribution in [0.1, 0.15) is 32.0 Å². The Labute approximate surface area is 109 Å². The Hall–Kier alpha value is -1.20. The summed E-state index contributed by atoms with van der Waals surface area (Å²) in [6.07, 6.45) is 1.76. The highest BCUT2D eigenvalue weighted by Gasteiger charge is 2.08. The molecule has 0 aliphatic carbocycles. The predicted octanol–water partition coefficient (Wildman–Crippen LogP) is 1.70. The maximum atomic E-state index is 5.55. The summed E-state index contributed by atoms with van der Waals surface area (Å²) in [7, 11) is 1.65. The van der Waals surface area contributed by atoms with Crippen molar-refractivity contribution in [2.45, 2.75) is 46.4 Å². The molecule has 1 rings (SSSR count). The van der Waals surface area contributed by atoms with E-state index >= 15 is 0 Å². The molecule has 0 saturated carbocycles. The quantitative estimate of drug-likeness (QED) is 0.801. The Bertz CT molecular complexity index is 369. The molecule has 0 amide bonds.